The Bertz CT molecular complexity index is 305. The standard InChI is InChI=1S/C13H23NO5.ClH/c1-3-17-13(16)19-9(2)18-12(15)11-6-4-10(8-14)5-7-11;/h9-11H,3-8,14H2,1-2H3;1H. The lowest BCUT2D eigenvalue weighted by molar-refractivity contribution is -0.174. The van der Waals surface area contributed by atoms with E-state index in [1.807, 2.05) is 0 Å². The van der Waals surface area contributed by atoms with Crippen LogP contribution in [0, 0.1) is 11.8 Å². The molecule has 0 aromatic heterocycles. The summed E-state index contributed by atoms with van der Waals surface area (Å²) in [6.45, 7) is 4.07. The van der Waals surface area contributed by atoms with E-state index < -0.39 is 12.4 Å². The SMILES string of the molecule is CCOC(=O)OC(C)OC(=O)C1CCC(CN)CC1.Cl. The van der Waals surface area contributed by atoms with E-state index in [1.165, 1.54) is 6.92 Å². The van der Waals surface area contributed by atoms with Gasteiger partial charge in [-0.1, -0.05) is 0 Å². The average molecular weight is 310 g/mol. The molecule has 0 aromatic carbocycles. The maximum absolute atomic E-state index is 11.9. The number of carbonyl (C=O) groups excluding carboxylic acids is 2. The largest absolute Gasteiger partial charge is 0.511 e. The van der Waals surface area contributed by atoms with E-state index in [2.05, 4.69) is 4.74 Å². The van der Waals surface area contributed by atoms with Crippen molar-refractivity contribution >= 4 is 24.5 Å². The minimum Gasteiger partial charge on any atom is -0.435 e. The molecule has 2 N–H and O–H groups in total. The highest BCUT2D eigenvalue weighted by Gasteiger charge is 2.28. The molecule has 0 radical (unpaired) electrons. The summed E-state index contributed by atoms with van der Waals surface area (Å²) in [4.78, 5) is 22.9. The van der Waals surface area contributed by atoms with Crippen molar-refractivity contribution in [3.63, 3.8) is 0 Å². The topological polar surface area (TPSA) is 87.9 Å². The summed E-state index contributed by atoms with van der Waals surface area (Å²) in [6.07, 6.45) is 1.72. The molecule has 1 fully saturated rings. The first-order valence-corrected chi connectivity index (χ1v) is 6.80. The van der Waals surface area contributed by atoms with Crippen molar-refractivity contribution in [2.75, 3.05) is 13.2 Å². The third-order valence-corrected chi connectivity index (χ3v) is 3.32. The van der Waals surface area contributed by atoms with Gasteiger partial charge in [0.1, 0.15) is 0 Å². The second-order valence-corrected chi connectivity index (χ2v) is 4.76. The molecule has 0 aliphatic heterocycles. The van der Waals surface area contributed by atoms with Crippen LogP contribution in [0.2, 0.25) is 0 Å². The monoisotopic (exact) mass is 309 g/mol. The number of rotatable bonds is 5. The molecule has 118 valence electrons. The lowest BCUT2D eigenvalue weighted by Crippen LogP contribution is -2.30. The molecule has 1 unspecified atom stereocenters. The minimum absolute atomic E-state index is 0. The smallest absolute Gasteiger partial charge is 0.435 e. The molecular weight excluding hydrogens is 286 g/mol. The van der Waals surface area contributed by atoms with Crippen molar-refractivity contribution in [2.45, 2.75) is 45.8 Å². The minimum atomic E-state index is -0.918. The van der Waals surface area contributed by atoms with Gasteiger partial charge in [-0.2, -0.15) is 0 Å². The van der Waals surface area contributed by atoms with Gasteiger partial charge in [0.2, 0.25) is 6.29 Å². The Labute approximate surface area is 125 Å². The highest BCUT2D eigenvalue weighted by molar-refractivity contribution is 5.85. The second-order valence-electron chi connectivity index (χ2n) is 4.76. The summed E-state index contributed by atoms with van der Waals surface area (Å²) in [5, 5.41) is 0. The summed E-state index contributed by atoms with van der Waals surface area (Å²) < 4.78 is 14.5. The van der Waals surface area contributed by atoms with Crippen LogP contribution in [-0.4, -0.2) is 31.6 Å². The fourth-order valence-electron chi connectivity index (χ4n) is 2.21. The molecule has 0 saturated heterocycles. The van der Waals surface area contributed by atoms with Gasteiger partial charge in [0.15, 0.2) is 0 Å². The average Bonchev–Trinajstić information content (AvgIpc) is 2.38. The van der Waals surface area contributed by atoms with E-state index in [-0.39, 0.29) is 30.9 Å². The van der Waals surface area contributed by atoms with Crippen molar-refractivity contribution in [1.29, 1.82) is 0 Å². The molecule has 6 nitrogen and oxygen atoms in total. The Morgan fingerprint density at radius 3 is 2.30 bits per heavy atom. The number of esters is 1. The van der Waals surface area contributed by atoms with Gasteiger partial charge in [0, 0.05) is 6.92 Å². The highest BCUT2D eigenvalue weighted by Crippen LogP contribution is 2.29. The third-order valence-electron chi connectivity index (χ3n) is 3.32. The van der Waals surface area contributed by atoms with Crippen LogP contribution in [0.25, 0.3) is 0 Å². The summed E-state index contributed by atoms with van der Waals surface area (Å²) in [7, 11) is 0. The van der Waals surface area contributed by atoms with Crippen LogP contribution in [0.4, 0.5) is 4.79 Å². The molecule has 20 heavy (non-hydrogen) atoms. The summed E-state index contributed by atoms with van der Waals surface area (Å²) in [5.41, 5.74) is 5.60. The van der Waals surface area contributed by atoms with Crippen LogP contribution in [0.5, 0.6) is 0 Å². The molecule has 0 aromatic rings. The van der Waals surface area contributed by atoms with Gasteiger partial charge in [-0.05, 0) is 45.1 Å². The van der Waals surface area contributed by atoms with E-state index in [0.717, 1.165) is 25.7 Å². The quantitative estimate of drug-likeness (QED) is 0.619. The van der Waals surface area contributed by atoms with Crippen molar-refractivity contribution in [1.82, 2.24) is 0 Å². The normalized spacial score (nSPS) is 23.1. The lowest BCUT2D eigenvalue weighted by atomic mass is 9.82. The van der Waals surface area contributed by atoms with E-state index in [4.69, 9.17) is 15.2 Å². The first kappa shape index (κ1) is 19.0. The van der Waals surface area contributed by atoms with E-state index in [0.29, 0.717) is 12.5 Å². The van der Waals surface area contributed by atoms with Crippen LogP contribution in [0.3, 0.4) is 0 Å². The Hall–Kier alpha value is -1.01. The predicted octanol–water partition coefficient (Wildman–Crippen LogP) is 2.24. The highest BCUT2D eigenvalue weighted by atomic mass is 35.5. The zero-order valence-corrected chi connectivity index (χ0v) is 12.8. The van der Waals surface area contributed by atoms with Crippen molar-refractivity contribution in [3.05, 3.63) is 0 Å². The van der Waals surface area contributed by atoms with Gasteiger partial charge in [-0.15, -0.1) is 12.4 Å². The summed E-state index contributed by atoms with van der Waals surface area (Å²) in [5.74, 6) is 0.0839. The number of hydrogen-bond donors (Lipinski definition) is 1. The maximum atomic E-state index is 11.9. The van der Waals surface area contributed by atoms with Crippen LogP contribution in [-0.2, 0) is 19.0 Å². The Morgan fingerprint density at radius 1 is 1.20 bits per heavy atom. The van der Waals surface area contributed by atoms with Gasteiger partial charge >= 0.3 is 12.1 Å². The molecule has 1 aliphatic carbocycles. The summed E-state index contributed by atoms with van der Waals surface area (Å²) in [6, 6.07) is 0. The van der Waals surface area contributed by atoms with Crippen LogP contribution in [0.15, 0.2) is 0 Å². The van der Waals surface area contributed by atoms with Gasteiger partial charge in [-0.25, -0.2) is 4.79 Å². The van der Waals surface area contributed by atoms with Gasteiger partial charge in [-0.3, -0.25) is 4.79 Å². The maximum Gasteiger partial charge on any atom is 0.511 e. The Kier molecular flexibility index (Phi) is 9.33. The van der Waals surface area contributed by atoms with Gasteiger partial charge in [0.05, 0.1) is 12.5 Å². The molecule has 1 aliphatic rings. The molecule has 1 saturated carbocycles. The van der Waals surface area contributed by atoms with E-state index >= 15 is 0 Å². The van der Waals surface area contributed by atoms with E-state index in [9.17, 15) is 9.59 Å². The molecule has 0 amide bonds. The van der Waals surface area contributed by atoms with Gasteiger partial charge < -0.3 is 19.9 Å². The number of halogens is 1. The first-order chi connectivity index (χ1) is 9.06. The molecule has 7 heteroatoms. The molecular formula is C13H24ClNO5. The number of nitrogens with two attached hydrogens (primary N) is 1. The third kappa shape index (κ3) is 6.43. The van der Waals surface area contributed by atoms with Crippen LogP contribution in [0.1, 0.15) is 39.5 Å². The lowest BCUT2D eigenvalue weighted by Gasteiger charge is -2.26. The molecule has 1 rings (SSSR count). The second kappa shape index (κ2) is 9.83. The summed E-state index contributed by atoms with van der Waals surface area (Å²) >= 11 is 0. The van der Waals surface area contributed by atoms with Crippen molar-refractivity contribution in [2.24, 2.45) is 17.6 Å². The van der Waals surface area contributed by atoms with Crippen molar-refractivity contribution < 1.29 is 23.8 Å². The van der Waals surface area contributed by atoms with Gasteiger partial charge in [0.25, 0.3) is 0 Å². The van der Waals surface area contributed by atoms with Crippen LogP contribution >= 0.6 is 12.4 Å². The molecule has 0 spiro atoms. The number of ether oxygens (including phenoxy) is 3. The Morgan fingerprint density at radius 2 is 1.80 bits per heavy atom. The number of carbonyl (C=O) groups is 2. The predicted molar refractivity (Wildman–Crippen MR) is 75.4 cm³/mol. The first-order valence-electron chi connectivity index (χ1n) is 6.80. The molecule has 0 bridgehead atoms. The number of hydrogen-bond acceptors (Lipinski definition) is 6. The fourth-order valence-corrected chi connectivity index (χ4v) is 2.21. The van der Waals surface area contributed by atoms with Crippen LogP contribution < -0.4 is 5.73 Å². The Balaban J connectivity index is 0.00000361. The fraction of sp³-hybridized carbons (Fsp3) is 0.846. The molecule has 0 heterocycles. The molecule has 1 atom stereocenters. The van der Waals surface area contributed by atoms with E-state index in [1.54, 1.807) is 6.92 Å². The zero-order valence-electron chi connectivity index (χ0n) is 12.0. The zero-order chi connectivity index (χ0) is 14.3. The van der Waals surface area contributed by atoms with Crippen molar-refractivity contribution in [3.8, 4) is 0 Å².